The lowest BCUT2D eigenvalue weighted by atomic mass is 9.84. The fraction of sp³-hybridized carbons (Fsp3) is 0.538. The number of sulfonamides is 1. The first kappa shape index (κ1) is 35.4. The van der Waals surface area contributed by atoms with Crippen molar-refractivity contribution in [3.05, 3.63) is 89.0 Å². The van der Waals surface area contributed by atoms with Gasteiger partial charge >= 0.3 is 0 Å². The fourth-order valence-electron chi connectivity index (χ4n) is 7.29. The molecule has 1 unspecified atom stereocenters. The van der Waals surface area contributed by atoms with E-state index in [1.165, 1.54) is 17.1 Å². The monoisotopic (exact) mass is 706 g/mol. The van der Waals surface area contributed by atoms with Gasteiger partial charge in [-0.2, -0.15) is 4.31 Å². The number of rotatable bonds is 16. The van der Waals surface area contributed by atoms with Crippen molar-refractivity contribution in [1.82, 2.24) is 4.31 Å². The van der Waals surface area contributed by atoms with Crippen LogP contribution < -0.4 is 9.64 Å². The predicted molar refractivity (Wildman–Crippen MR) is 190 cm³/mol. The van der Waals surface area contributed by atoms with Crippen LogP contribution in [0.2, 0.25) is 0 Å². The number of anilines is 1. The van der Waals surface area contributed by atoms with Gasteiger partial charge in [0.25, 0.3) is 0 Å². The highest BCUT2D eigenvalue weighted by atomic mass is 32.2. The Morgan fingerprint density at radius 3 is 2.36 bits per heavy atom. The first-order chi connectivity index (χ1) is 24.3. The molecule has 3 aromatic carbocycles. The summed E-state index contributed by atoms with van der Waals surface area (Å²) in [5, 5.41) is 0. The Labute approximate surface area is 296 Å². The van der Waals surface area contributed by atoms with Crippen molar-refractivity contribution in [3.63, 3.8) is 0 Å². The zero-order valence-electron chi connectivity index (χ0n) is 29.4. The summed E-state index contributed by atoms with van der Waals surface area (Å²) in [6, 6.07) is 21.8. The standard InChI is InChI=1S/C39H50N2O8S/c1-27-5-14-33(15-6-27)50(42,43)41-22-36(48-24-28-7-16-35-34(21-28)40(18-20-46-35)17-4-19-44-2)38(37(23-41)49-26-32-25-47-32)29-8-10-30(11-9-29)39(45-3)31-12-13-31/h5-11,14-16,21,31-32,36-39H,4,12-13,17-20,22-26H2,1-3H3/t32-,36+,37-,38-,39?/m1/s1. The van der Waals surface area contributed by atoms with Crippen LogP contribution in [0.3, 0.4) is 0 Å². The predicted octanol–water partition coefficient (Wildman–Crippen LogP) is 5.49. The number of fused-ring (bicyclic) bond motifs is 1. The van der Waals surface area contributed by atoms with Crippen LogP contribution in [0, 0.1) is 12.8 Å². The molecule has 0 spiro atoms. The molecule has 3 aromatic rings. The van der Waals surface area contributed by atoms with E-state index in [4.69, 9.17) is 28.4 Å². The van der Waals surface area contributed by atoms with Gasteiger partial charge in [0.2, 0.25) is 10.0 Å². The normalized spacial score (nSPS) is 24.4. The number of ether oxygens (including phenoxy) is 6. The summed E-state index contributed by atoms with van der Waals surface area (Å²) in [5.41, 5.74) is 5.26. The fourth-order valence-corrected chi connectivity index (χ4v) is 8.75. The first-order valence-electron chi connectivity index (χ1n) is 17.9. The molecule has 3 heterocycles. The highest BCUT2D eigenvalue weighted by Gasteiger charge is 2.44. The maximum absolute atomic E-state index is 14.1. The lowest BCUT2D eigenvalue weighted by Crippen LogP contribution is -2.54. The number of aryl methyl sites for hydroxylation is 1. The quantitative estimate of drug-likeness (QED) is 0.142. The molecule has 1 saturated carbocycles. The summed E-state index contributed by atoms with van der Waals surface area (Å²) in [5.74, 6) is 1.21. The molecule has 50 heavy (non-hydrogen) atoms. The minimum Gasteiger partial charge on any atom is -0.490 e. The third-order valence-corrected chi connectivity index (χ3v) is 12.1. The number of hydrogen-bond donors (Lipinski definition) is 0. The van der Waals surface area contributed by atoms with Gasteiger partial charge in [-0.25, -0.2) is 8.42 Å². The van der Waals surface area contributed by atoms with Crippen LogP contribution in [0.15, 0.2) is 71.6 Å². The molecule has 10 nitrogen and oxygen atoms in total. The Morgan fingerprint density at radius 1 is 0.940 bits per heavy atom. The van der Waals surface area contributed by atoms with Crippen molar-refractivity contribution in [3.8, 4) is 5.75 Å². The molecule has 0 bridgehead atoms. The van der Waals surface area contributed by atoms with Crippen LogP contribution in [0.1, 0.15) is 53.5 Å². The number of methoxy groups -OCH3 is 2. The topological polar surface area (TPSA) is 99.3 Å². The number of benzene rings is 3. The van der Waals surface area contributed by atoms with Crippen LogP contribution in [-0.4, -0.2) is 97.9 Å². The summed E-state index contributed by atoms with van der Waals surface area (Å²) in [7, 11) is -0.315. The summed E-state index contributed by atoms with van der Waals surface area (Å²) >= 11 is 0. The molecule has 0 N–H and O–H groups in total. The second-order valence-electron chi connectivity index (χ2n) is 14.0. The Bertz CT molecular complexity index is 1680. The van der Waals surface area contributed by atoms with E-state index in [9.17, 15) is 8.42 Å². The van der Waals surface area contributed by atoms with E-state index in [-0.39, 0.29) is 36.1 Å². The van der Waals surface area contributed by atoms with E-state index in [1.807, 2.05) is 31.2 Å². The highest BCUT2D eigenvalue weighted by molar-refractivity contribution is 7.89. The second-order valence-corrected chi connectivity index (χ2v) is 15.9. The van der Waals surface area contributed by atoms with Gasteiger partial charge in [0.05, 0.1) is 55.3 Å². The zero-order valence-corrected chi connectivity index (χ0v) is 30.2. The molecule has 2 saturated heterocycles. The summed E-state index contributed by atoms with van der Waals surface area (Å²) < 4.78 is 65.8. The Balaban J connectivity index is 1.18. The van der Waals surface area contributed by atoms with E-state index in [1.54, 1.807) is 26.4 Å². The summed E-state index contributed by atoms with van der Waals surface area (Å²) in [4.78, 5) is 2.60. The molecule has 270 valence electrons. The van der Waals surface area contributed by atoms with Gasteiger partial charge in [-0.3, -0.25) is 0 Å². The molecule has 7 rings (SSSR count). The number of piperidine rings is 1. The van der Waals surface area contributed by atoms with Crippen LogP contribution >= 0.6 is 0 Å². The summed E-state index contributed by atoms with van der Waals surface area (Å²) in [6.45, 7) is 6.75. The largest absolute Gasteiger partial charge is 0.490 e. The van der Waals surface area contributed by atoms with E-state index in [0.717, 1.165) is 53.2 Å². The molecule has 11 heteroatoms. The van der Waals surface area contributed by atoms with Crippen molar-refractivity contribution < 1.29 is 36.8 Å². The maximum atomic E-state index is 14.1. The lowest BCUT2D eigenvalue weighted by molar-refractivity contribution is -0.0808. The first-order valence-corrected chi connectivity index (χ1v) is 19.3. The molecule has 3 aliphatic heterocycles. The van der Waals surface area contributed by atoms with Crippen LogP contribution in [-0.2, 0) is 40.3 Å². The minimum absolute atomic E-state index is 0.0343. The maximum Gasteiger partial charge on any atom is 0.243 e. The van der Waals surface area contributed by atoms with E-state index in [0.29, 0.717) is 39.0 Å². The molecule has 0 aromatic heterocycles. The van der Waals surface area contributed by atoms with Crippen LogP contribution in [0.5, 0.6) is 5.75 Å². The van der Waals surface area contributed by atoms with Crippen molar-refractivity contribution >= 4 is 15.7 Å². The number of nitrogens with zero attached hydrogens (tertiary/aromatic N) is 2. The van der Waals surface area contributed by atoms with Crippen LogP contribution in [0.4, 0.5) is 5.69 Å². The second kappa shape index (κ2) is 15.7. The van der Waals surface area contributed by atoms with E-state index >= 15 is 0 Å². The van der Waals surface area contributed by atoms with Gasteiger partial charge in [-0.1, -0.05) is 48.0 Å². The molecular weight excluding hydrogens is 657 g/mol. The van der Waals surface area contributed by atoms with Crippen molar-refractivity contribution in [1.29, 1.82) is 0 Å². The highest BCUT2D eigenvalue weighted by Crippen LogP contribution is 2.44. The Morgan fingerprint density at radius 2 is 1.68 bits per heavy atom. The van der Waals surface area contributed by atoms with Crippen molar-refractivity contribution in [2.75, 3.05) is 71.7 Å². The lowest BCUT2D eigenvalue weighted by Gasteiger charge is -2.43. The van der Waals surface area contributed by atoms with Gasteiger partial charge in [-0.15, -0.1) is 0 Å². The Kier molecular flexibility index (Phi) is 11.1. The number of hydrogen-bond acceptors (Lipinski definition) is 9. The van der Waals surface area contributed by atoms with E-state index < -0.39 is 22.2 Å². The minimum atomic E-state index is -3.82. The third kappa shape index (κ3) is 8.20. The zero-order chi connectivity index (χ0) is 34.7. The Hall–Kier alpha value is -3.03. The van der Waals surface area contributed by atoms with Gasteiger partial charge < -0.3 is 33.3 Å². The van der Waals surface area contributed by atoms with Gasteiger partial charge in [0.15, 0.2) is 0 Å². The van der Waals surface area contributed by atoms with E-state index in [2.05, 4.69) is 35.2 Å². The molecule has 4 aliphatic rings. The SMILES string of the molecule is COCCCN1CCOc2ccc(CO[C@H]3CN(S(=O)(=O)c4ccc(C)cc4)C[C@@H](OC[C@H]4CO4)[C@@H]3c3ccc(C(OC)C4CC4)cc3)cc21. The summed E-state index contributed by atoms with van der Waals surface area (Å²) in [6.07, 6.45) is 2.48. The van der Waals surface area contributed by atoms with Crippen molar-refractivity contribution in [2.24, 2.45) is 5.92 Å². The van der Waals surface area contributed by atoms with Crippen molar-refractivity contribution in [2.45, 2.75) is 68.0 Å². The van der Waals surface area contributed by atoms with Gasteiger partial charge in [-0.05, 0) is 73.1 Å². The molecule has 1 aliphatic carbocycles. The smallest absolute Gasteiger partial charge is 0.243 e. The molecule has 0 radical (unpaired) electrons. The van der Waals surface area contributed by atoms with Gasteiger partial charge in [0.1, 0.15) is 18.5 Å². The average Bonchev–Trinajstić information content (AvgIpc) is 4.07. The molecule has 0 amide bonds. The van der Waals surface area contributed by atoms with Gasteiger partial charge in [0, 0.05) is 46.4 Å². The number of epoxide rings is 1. The molecular formula is C39H50N2O8S. The van der Waals surface area contributed by atoms with Crippen LogP contribution in [0.25, 0.3) is 0 Å². The average molecular weight is 707 g/mol. The molecule has 5 atom stereocenters. The molecule has 3 fully saturated rings. The third-order valence-electron chi connectivity index (χ3n) is 10.3.